The number of aromatic nitrogens is 3. The first-order valence-corrected chi connectivity index (χ1v) is 16.3. The monoisotopic (exact) mass is 611 g/mol. The average Bonchev–Trinajstić information content (AvgIpc) is 3.70. The Morgan fingerprint density at radius 1 is 0.417 bits per heavy atom. The zero-order valence-corrected chi connectivity index (χ0v) is 25.7. The van der Waals surface area contributed by atoms with Gasteiger partial charge >= 0.3 is 0 Å². The lowest BCUT2D eigenvalue weighted by Gasteiger charge is -2.14. The molecule has 3 heterocycles. The van der Waals surface area contributed by atoms with Crippen molar-refractivity contribution < 1.29 is 4.42 Å². The summed E-state index contributed by atoms with van der Waals surface area (Å²) in [6.07, 6.45) is 0. The number of fused-ring (bicyclic) bond motifs is 13. The summed E-state index contributed by atoms with van der Waals surface area (Å²) in [6.45, 7) is 0. The van der Waals surface area contributed by atoms with E-state index in [1.165, 1.54) is 32.3 Å². The van der Waals surface area contributed by atoms with Crippen LogP contribution in [0.3, 0.4) is 0 Å². The van der Waals surface area contributed by atoms with Crippen molar-refractivity contribution in [1.29, 1.82) is 0 Å². The lowest BCUT2D eigenvalue weighted by molar-refractivity contribution is 0.669. The Kier molecular flexibility index (Phi) is 5.08. The van der Waals surface area contributed by atoms with Crippen molar-refractivity contribution in [3.63, 3.8) is 0 Å². The summed E-state index contributed by atoms with van der Waals surface area (Å²) in [5.41, 5.74) is 6.69. The molecule has 48 heavy (non-hydrogen) atoms. The minimum absolute atomic E-state index is 0.642. The fourth-order valence-electron chi connectivity index (χ4n) is 7.92. The third kappa shape index (κ3) is 3.43. The Hall–Kier alpha value is -6.52. The lowest BCUT2D eigenvalue weighted by atomic mass is 9.96. The molecule has 0 atom stereocenters. The normalized spacial score (nSPS) is 12.2. The van der Waals surface area contributed by atoms with Gasteiger partial charge in [0.05, 0.1) is 22.2 Å². The second kappa shape index (κ2) is 9.50. The molecule has 11 aromatic rings. The van der Waals surface area contributed by atoms with E-state index in [1.54, 1.807) is 0 Å². The summed E-state index contributed by atoms with van der Waals surface area (Å²) in [5, 5.41) is 12.8. The highest BCUT2D eigenvalue weighted by Gasteiger charge is 2.22. The predicted molar refractivity (Wildman–Crippen MR) is 199 cm³/mol. The van der Waals surface area contributed by atoms with Crippen molar-refractivity contribution in [2.24, 2.45) is 0 Å². The zero-order chi connectivity index (χ0) is 31.3. The second-order valence-corrected chi connectivity index (χ2v) is 12.5. The van der Waals surface area contributed by atoms with E-state index in [0.717, 1.165) is 65.9 Å². The summed E-state index contributed by atoms with van der Waals surface area (Å²) in [7, 11) is 0. The molecule has 222 valence electrons. The van der Waals surface area contributed by atoms with Gasteiger partial charge in [-0.2, -0.15) is 0 Å². The fourth-order valence-corrected chi connectivity index (χ4v) is 7.92. The smallest absolute Gasteiger partial charge is 0.235 e. The van der Waals surface area contributed by atoms with E-state index in [-0.39, 0.29) is 0 Å². The summed E-state index contributed by atoms with van der Waals surface area (Å²) in [6, 6.07) is 53.5. The Labute approximate surface area is 274 Å². The van der Waals surface area contributed by atoms with Crippen LogP contribution in [-0.4, -0.2) is 14.5 Å². The Morgan fingerprint density at radius 2 is 0.979 bits per heavy atom. The van der Waals surface area contributed by atoms with Crippen LogP contribution >= 0.6 is 0 Å². The van der Waals surface area contributed by atoms with E-state index in [4.69, 9.17) is 14.4 Å². The minimum Gasteiger partial charge on any atom is -0.456 e. The van der Waals surface area contributed by atoms with E-state index < -0.39 is 0 Å². The maximum absolute atomic E-state index is 6.49. The highest BCUT2D eigenvalue weighted by atomic mass is 16.3. The van der Waals surface area contributed by atoms with Gasteiger partial charge in [-0.15, -0.1) is 0 Å². The molecule has 0 spiro atoms. The second-order valence-electron chi connectivity index (χ2n) is 12.5. The molecule has 3 aromatic heterocycles. The van der Waals surface area contributed by atoms with Crippen molar-refractivity contribution in [2.75, 3.05) is 0 Å². The molecular formula is C44H25N3O. The number of nitrogens with zero attached hydrogens (tertiary/aromatic N) is 3. The van der Waals surface area contributed by atoms with Crippen molar-refractivity contribution in [2.45, 2.75) is 0 Å². The van der Waals surface area contributed by atoms with Gasteiger partial charge in [0.25, 0.3) is 0 Å². The van der Waals surface area contributed by atoms with Gasteiger partial charge in [-0.1, -0.05) is 121 Å². The fraction of sp³-hybridized carbons (Fsp3) is 0. The largest absolute Gasteiger partial charge is 0.456 e. The van der Waals surface area contributed by atoms with Crippen molar-refractivity contribution in [3.05, 3.63) is 152 Å². The average molecular weight is 612 g/mol. The van der Waals surface area contributed by atoms with Crippen LogP contribution in [0.15, 0.2) is 156 Å². The SMILES string of the molecule is c1ccc2c(c1)ccc1c2c2c3ccccc3ccc2n1-c1nc(-c2cc3oc4ccccc4c3c3ccccc23)c2ccccc2n1. The van der Waals surface area contributed by atoms with Crippen LogP contribution < -0.4 is 0 Å². The van der Waals surface area contributed by atoms with Crippen molar-refractivity contribution >= 4 is 87.0 Å². The molecule has 0 radical (unpaired) electrons. The Morgan fingerprint density at radius 3 is 1.69 bits per heavy atom. The molecule has 0 unspecified atom stereocenters. The van der Waals surface area contributed by atoms with Gasteiger partial charge in [-0.05, 0) is 62.6 Å². The number of para-hydroxylation sites is 2. The summed E-state index contributed by atoms with van der Waals surface area (Å²) >= 11 is 0. The van der Waals surface area contributed by atoms with Crippen molar-refractivity contribution in [1.82, 2.24) is 14.5 Å². The van der Waals surface area contributed by atoms with Gasteiger partial charge in [0, 0.05) is 32.5 Å². The molecule has 0 aliphatic rings. The van der Waals surface area contributed by atoms with Gasteiger partial charge in [0.1, 0.15) is 11.2 Å². The number of benzene rings is 8. The standard InChI is InChI=1S/C44H25N3O/c1-3-13-28-26(11-1)21-23-36-41(28)42-29-14-4-2-12-27(29)22-24-37(42)47(36)44-45-35-19-9-7-17-32(35)43(46-44)34-25-39-40(31-16-6-5-15-30(31)34)33-18-8-10-20-38(33)48-39/h1-25H. The molecule has 0 saturated heterocycles. The summed E-state index contributed by atoms with van der Waals surface area (Å²) in [4.78, 5) is 10.8. The topological polar surface area (TPSA) is 43.9 Å². The first-order valence-electron chi connectivity index (χ1n) is 16.3. The Balaban J connectivity index is 1.30. The highest BCUT2D eigenvalue weighted by Crippen LogP contribution is 2.43. The van der Waals surface area contributed by atoms with E-state index in [2.05, 4.69) is 144 Å². The molecule has 4 nitrogen and oxygen atoms in total. The van der Waals surface area contributed by atoms with Crippen LogP contribution in [0.4, 0.5) is 0 Å². The highest BCUT2D eigenvalue weighted by molar-refractivity contribution is 6.28. The van der Waals surface area contributed by atoms with Gasteiger partial charge < -0.3 is 4.42 Å². The van der Waals surface area contributed by atoms with Crippen LogP contribution in [0.25, 0.3) is 104 Å². The number of hydrogen-bond acceptors (Lipinski definition) is 3. The molecule has 0 aliphatic heterocycles. The molecule has 8 aromatic carbocycles. The Bertz CT molecular complexity index is 3040. The summed E-state index contributed by atoms with van der Waals surface area (Å²) < 4.78 is 8.74. The number of hydrogen-bond donors (Lipinski definition) is 0. The molecule has 4 heteroatoms. The van der Waals surface area contributed by atoms with E-state index in [1.807, 2.05) is 12.1 Å². The van der Waals surface area contributed by atoms with Crippen LogP contribution in [0, 0.1) is 0 Å². The van der Waals surface area contributed by atoms with E-state index in [9.17, 15) is 0 Å². The van der Waals surface area contributed by atoms with Gasteiger partial charge in [-0.25, -0.2) is 9.97 Å². The van der Waals surface area contributed by atoms with Crippen LogP contribution in [0.1, 0.15) is 0 Å². The number of furan rings is 1. The maximum atomic E-state index is 6.49. The van der Waals surface area contributed by atoms with Crippen LogP contribution in [0.2, 0.25) is 0 Å². The molecule has 0 N–H and O–H groups in total. The third-order valence-electron chi connectivity index (χ3n) is 9.98. The van der Waals surface area contributed by atoms with E-state index >= 15 is 0 Å². The van der Waals surface area contributed by atoms with Crippen LogP contribution in [0.5, 0.6) is 0 Å². The molecule has 0 fully saturated rings. The van der Waals surface area contributed by atoms with Gasteiger partial charge in [-0.3, -0.25) is 4.57 Å². The summed E-state index contributed by atoms with van der Waals surface area (Å²) in [5.74, 6) is 0.642. The maximum Gasteiger partial charge on any atom is 0.235 e. The molecule has 0 amide bonds. The quantitative estimate of drug-likeness (QED) is 0.195. The lowest BCUT2D eigenvalue weighted by Crippen LogP contribution is -2.03. The minimum atomic E-state index is 0.642. The van der Waals surface area contributed by atoms with Gasteiger partial charge in [0.15, 0.2) is 0 Å². The zero-order valence-electron chi connectivity index (χ0n) is 25.7. The molecule has 0 aliphatic carbocycles. The first kappa shape index (κ1) is 25.6. The van der Waals surface area contributed by atoms with Crippen LogP contribution in [-0.2, 0) is 0 Å². The molecular weight excluding hydrogens is 587 g/mol. The van der Waals surface area contributed by atoms with E-state index in [0.29, 0.717) is 5.95 Å². The number of rotatable bonds is 2. The predicted octanol–water partition coefficient (Wildman–Crippen LogP) is 11.8. The third-order valence-corrected chi connectivity index (χ3v) is 9.98. The molecule has 0 bridgehead atoms. The van der Waals surface area contributed by atoms with Gasteiger partial charge in [0.2, 0.25) is 5.95 Å². The molecule has 0 saturated carbocycles. The van der Waals surface area contributed by atoms with Crippen molar-refractivity contribution in [3.8, 4) is 17.2 Å². The molecule has 11 rings (SSSR count). The first-order chi connectivity index (χ1) is 23.8.